The van der Waals surface area contributed by atoms with E-state index in [-0.39, 0.29) is 23.3 Å². The van der Waals surface area contributed by atoms with Crippen molar-refractivity contribution in [3.05, 3.63) is 93.5 Å². The minimum atomic E-state index is -0.477. The van der Waals surface area contributed by atoms with Gasteiger partial charge in [0.05, 0.1) is 12.1 Å². The summed E-state index contributed by atoms with van der Waals surface area (Å²) in [7, 11) is 0. The zero-order valence-electron chi connectivity index (χ0n) is 15.7. The van der Waals surface area contributed by atoms with E-state index in [1.807, 2.05) is 48.5 Å². The van der Waals surface area contributed by atoms with Crippen LogP contribution in [0, 0.1) is 5.92 Å². The second kappa shape index (κ2) is 8.01. The second-order valence-corrected chi connectivity index (χ2v) is 8.09. The van der Waals surface area contributed by atoms with Gasteiger partial charge in [0.1, 0.15) is 11.5 Å². The van der Waals surface area contributed by atoms with Gasteiger partial charge in [0, 0.05) is 27.1 Å². The molecule has 1 atom stereocenters. The summed E-state index contributed by atoms with van der Waals surface area (Å²) >= 11 is 12.1. The standard InChI is InChI=1S/C23H18Cl2N2O3/c24-17-6-2-15(3-7-17)23(16-4-8-18(25)9-5-16)12-20(23)22(30)27-26-13-14-1-10-19(28)11-21(14)29/h1-11,13,20,28-29H,12H2,(H,27,30)/b26-13+/t20-/m1/s1. The molecule has 0 aliphatic heterocycles. The monoisotopic (exact) mass is 440 g/mol. The highest BCUT2D eigenvalue weighted by Crippen LogP contribution is 2.59. The molecule has 1 fully saturated rings. The van der Waals surface area contributed by atoms with E-state index in [2.05, 4.69) is 10.5 Å². The van der Waals surface area contributed by atoms with Gasteiger partial charge in [-0.3, -0.25) is 4.79 Å². The largest absolute Gasteiger partial charge is 0.508 e. The van der Waals surface area contributed by atoms with Gasteiger partial charge in [-0.1, -0.05) is 47.5 Å². The van der Waals surface area contributed by atoms with Crippen LogP contribution in [-0.2, 0) is 10.2 Å². The van der Waals surface area contributed by atoms with Crippen LogP contribution in [0.25, 0.3) is 0 Å². The molecule has 1 amide bonds. The van der Waals surface area contributed by atoms with Gasteiger partial charge in [0.15, 0.2) is 0 Å². The van der Waals surface area contributed by atoms with Gasteiger partial charge in [-0.2, -0.15) is 5.10 Å². The molecule has 0 saturated heterocycles. The highest BCUT2D eigenvalue weighted by Gasteiger charge is 2.60. The summed E-state index contributed by atoms with van der Waals surface area (Å²) in [6.45, 7) is 0. The van der Waals surface area contributed by atoms with Crippen molar-refractivity contribution in [2.45, 2.75) is 11.8 Å². The Kier molecular flexibility index (Phi) is 5.41. The molecule has 0 unspecified atom stereocenters. The van der Waals surface area contributed by atoms with E-state index in [9.17, 15) is 15.0 Å². The van der Waals surface area contributed by atoms with Crippen molar-refractivity contribution in [2.24, 2.45) is 11.0 Å². The van der Waals surface area contributed by atoms with Crippen LogP contribution in [0.1, 0.15) is 23.1 Å². The first-order chi connectivity index (χ1) is 14.4. The lowest BCUT2D eigenvalue weighted by Crippen LogP contribution is -2.25. The number of nitrogens with one attached hydrogen (secondary N) is 1. The molecule has 0 bridgehead atoms. The number of benzene rings is 3. The van der Waals surface area contributed by atoms with E-state index in [4.69, 9.17) is 23.2 Å². The average Bonchev–Trinajstić information content (AvgIpc) is 3.47. The molecule has 0 aromatic heterocycles. The number of carbonyl (C=O) groups excluding carboxylic acids is 1. The lowest BCUT2D eigenvalue weighted by Gasteiger charge is -2.19. The minimum Gasteiger partial charge on any atom is -0.508 e. The Morgan fingerprint density at radius 3 is 2.07 bits per heavy atom. The molecule has 4 rings (SSSR count). The van der Waals surface area contributed by atoms with E-state index in [0.717, 1.165) is 11.1 Å². The first-order valence-electron chi connectivity index (χ1n) is 9.27. The number of carbonyl (C=O) groups is 1. The van der Waals surface area contributed by atoms with Gasteiger partial charge in [0.2, 0.25) is 5.91 Å². The van der Waals surface area contributed by atoms with Crippen LogP contribution < -0.4 is 5.43 Å². The predicted molar refractivity (Wildman–Crippen MR) is 117 cm³/mol. The molecule has 5 nitrogen and oxygen atoms in total. The zero-order valence-corrected chi connectivity index (χ0v) is 17.2. The van der Waals surface area contributed by atoms with Crippen LogP contribution >= 0.6 is 23.2 Å². The summed E-state index contributed by atoms with van der Waals surface area (Å²) in [6, 6.07) is 19.1. The van der Waals surface area contributed by atoms with Crippen LogP contribution in [0.2, 0.25) is 10.0 Å². The quantitative estimate of drug-likeness (QED) is 0.391. The van der Waals surface area contributed by atoms with Crippen molar-refractivity contribution in [1.82, 2.24) is 5.43 Å². The van der Waals surface area contributed by atoms with Crippen molar-refractivity contribution in [1.29, 1.82) is 0 Å². The van der Waals surface area contributed by atoms with Crippen LogP contribution in [0.4, 0.5) is 0 Å². The molecule has 3 aromatic carbocycles. The van der Waals surface area contributed by atoms with E-state index >= 15 is 0 Å². The molecule has 3 aromatic rings. The average molecular weight is 441 g/mol. The van der Waals surface area contributed by atoms with Gasteiger partial charge >= 0.3 is 0 Å². The van der Waals surface area contributed by atoms with E-state index in [0.29, 0.717) is 22.0 Å². The summed E-state index contributed by atoms with van der Waals surface area (Å²) < 4.78 is 0. The molecule has 0 spiro atoms. The van der Waals surface area contributed by atoms with Gasteiger partial charge in [0.25, 0.3) is 0 Å². The van der Waals surface area contributed by atoms with E-state index in [1.54, 1.807) is 0 Å². The molecule has 1 aliphatic carbocycles. The van der Waals surface area contributed by atoms with E-state index in [1.165, 1.54) is 24.4 Å². The Morgan fingerprint density at radius 1 is 0.967 bits per heavy atom. The van der Waals surface area contributed by atoms with Crippen molar-refractivity contribution < 1.29 is 15.0 Å². The highest BCUT2D eigenvalue weighted by molar-refractivity contribution is 6.30. The number of halogens is 2. The fourth-order valence-electron chi connectivity index (χ4n) is 3.76. The Balaban J connectivity index is 1.57. The Bertz CT molecular complexity index is 1070. The van der Waals surface area contributed by atoms with Crippen molar-refractivity contribution in [2.75, 3.05) is 0 Å². The van der Waals surface area contributed by atoms with Crippen LogP contribution in [0.15, 0.2) is 71.8 Å². The summed E-state index contributed by atoms with van der Waals surface area (Å²) in [5, 5.41) is 24.4. The SMILES string of the molecule is O=C(N/N=C/c1ccc(O)cc1O)[C@H]1CC1(c1ccc(Cl)cc1)c1ccc(Cl)cc1. The van der Waals surface area contributed by atoms with Crippen LogP contribution in [0.3, 0.4) is 0 Å². The number of phenols is 2. The van der Waals surface area contributed by atoms with Crippen LogP contribution in [-0.4, -0.2) is 22.3 Å². The fourth-order valence-corrected chi connectivity index (χ4v) is 4.02. The number of amides is 1. The molecule has 1 aliphatic rings. The number of hydrogen-bond acceptors (Lipinski definition) is 4. The first-order valence-corrected chi connectivity index (χ1v) is 10.0. The number of nitrogens with zero attached hydrogens (tertiary/aromatic N) is 1. The van der Waals surface area contributed by atoms with Crippen LogP contribution in [0.5, 0.6) is 11.5 Å². The molecule has 0 radical (unpaired) electrons. The number of rotatable bonds is 5. The molecule has 3 N–H and O–H groups in total. The van der Waals surface area contributed by atoms with Gasteiger partial charge < -0.3 is 10.2 Å². The van der Waals surface area contributed by atoms with Gasteiger partial charge in [-0.05, 0) is 53.9 Å². The Labute approximate surface area is 183 Å². The number of hydrogen-bond donors (Lipinski definition) is 3. The van der Waals surface area contributed by atoms with Gasteiger partial charge in [-0.15, -0.1) is 0 Å². The maximum Gasteiger partial charge on any atom is 0.244 e. The summed E-state index contributed by atoms with van der Waals surface area (Å²) in [5.41, 5.74) is 4.45. The molecule has 1 saturated carbocycles. The molecule has 152 valence electrons. The summed E-state index contributed by atoms with van der Waals surface area (Å²) in [6.07, 6.45) is 1.96. The third-order valence-electron chi connectivity index (χ3n) is 5.39. The highest BCUT2D eigenvalue weighted by atomic mass is 35.5. The first kappa shape index (κ1) is 20.3. The molecular formula is C23H18Cl2N2O3. The normalized spacial score (nSPS) is 17.1. The maximum atomic E-state index is 12.9. The number of hydrazone groups is 1. The number of phenolic OH excluding ortho intramolecular Hbond substituents is 2. The second-order valence-electron chi connectivity index (χ2n) is 7.22. The fraction of sp³-hybridized carbons (Fsp3) is 0.130. The third kappa shape index (κ3) is 3.86. The Hall–Kier alpha value is -3.02. The number of aromatic hydroxyl groups is 2. The molecular weight excluding hydrogens is 423 g/mol. The Morgan fingerprint density at radius 2 is 1.53 bits per heavy atom. The van der Waals surface area contributed by atoms with Crippen molar-refractivity contribution >= 4 is 35.3 Å². The minimum absolute atomic E-state index is 0.0534. The molecule has 7 heteroatoms. The zero-order chi connectivity index (χ0) is 21.3. The summed E-state index contributed by atoms with van der Waals surface area (Å²) in [4.78, 5) is 12.9. The lowest BCUT2D eigenvalue weighted by atomic mass is 9.85. The third-order valence-corrected chi connectivity index (χ3v) is 5.89. The van der Waals surface area contributed by atoms with Crippen molar-refractivity contribution in [3.63, 3.8) is 0 Å². The topological polar surface area (TPSA) is 81.9 Å². The molecule has 30 heavy (non-hydrogen) atoms. The molecule has 0 heterocycles. The lowest BCUT2D eigenvalue weighted by molar-refractivity contribution is -0.122. The smallest absolute Gasteiger partial charge is 0.244 e. The predicted octanol–water partition coefficient (Wildman–Crippen LogP) is 4.86. The van der Waals surface area contributed by atoms with Crippen molar-refractivity contribution in [3.8, 4) is 11.5 Å². The van der Waals surface area contributed by atoms with E-state index < -0.39 is 5.41 Å². The maximum absolute atomic E-state index is 12.9. The van der Waals surface area contributed by atoms with Gasteiger partial charge in [-0.25, -0.2) is 5.43 Å². The summed E-state index contributed by atoms with van der Waals surface area (Å²) in [5.74, 6) is -0.724.